The molecule has 4 nitrogen and oxygen atoms in total. The summed E-state index contributed by atoms with van der Waals surface area (Å²) in [6.45, 7) is 0. The van der Waals surface area contributed by atoms with Crippen LogP contribution in [0.1, 0.15) is 11.4 Å². The van der Waals surface area contributed by atoms with E-state index in [4.69, 9.17) is 11.6 Å². The van der Waals surface area contributed by atoms with E-state index in [1.807, 2.05) is 0 Å². The maximum atomic E-state index is 12.5. The fraction of sp³-hybridized carbons (Fsp3) is 0.222. The van der Waals surface area contributed by atoms with Crippen molar-refractivity contribution in [1.29, 1.82) is 0 Å². The summed E-state index contributed by atoms with van der Waals surface area (Å²) in [6, 6.07) is 0.865. The van der Waals surface area contributed by atoms with Gasteiger partial charge in [-0.05, 0) is 0 Å². The highest BCUT2D eigenvalue weighted by molar-refractivity contribution is 6.29. The highest BCUT2D eigenvalue weighted by atomic mass is 35.5. The van der Waals surface area contributed by atoms with E-state index >= 15 is 0 Å². The fourth-order valence-corrected chi connectivity index (χ4v) is 1.42. The minimum Gasteiger partial charge on any atom is -0.222 e. The molecule has 0 aliphatic carbocycles. The third-order valence-electron chi connectivity index (χ3n) is 2.08. The van der Waals surface area contributed by atoms with Crippen LogP contribution in [0.2, 0.25) is 5.15 Å². The Bertz CT molecular complexity index is 632. The second-order valence-electron chi connectivity index (χ2n) is 3.54. The molecule has 0 saturated heterocycles. The number of hydrogen-bond donors (Lipinski definition) is 0. The monoisotopic (exact) mass is 316 g/mol. The van der Waals surface area contributed by atoms with E-state index in [9.17, 15) is 26.3 Å². The molecular formula is C9H3ClF6N4. The van der Waals surface area contributed by atoms with Gasteiger partial charge in [0, 0.05) is 12.3 Å². The number of aromatic nitrogens is 4. The molecule has 0 amide bonds. The molecule has 0 radical (unpaired) electrons. The Hall–Kier alpha value is -1.84. The van der Waals surface area contributed by atoms with E-state index in [1.165, 1.54) is 0 Å². The highest BCUT2D eigenvalue weighted by Crippen LogP contribution is 2.30. The summed E-state index contributed by atoms with van der Waals surface area (Å²) < 4.78 is 75.0. The van der Waals surface area contributed by atoms with Crippen molar-refractivity contribution in [2.45, 2.75) is 12.4 Å². The first kappa shape index (κ1) is 14.6. The molecule has 0 N–H and O–H groups in total. The Morgan fingerprint density at radius 3 is 2.15 bits per heavy atom. The SMILES string of the molecule is FC(F)(F)c1cnn(-c2cc(Cl)nc(C(F)(F)F)n2)c1. The van der Waals surface area contributed by atoms with E-state index < -0.39 is 34.7 Å². The van der Waals surface area contributed by atoms with Crippen molar-refractivity contribution in [2.75, 3.05) is 0 Å². The van der Waals surface area contributed by atoms with Crippen molar-refractivity contribution in [2.24, 2.45) is 0 Å². The van der Waals surface area contributed by atoms with Gasteiger partial charge in [-0.25, -0.2) is 14.6 Å². The second-order valence-corrected chi connectivity index (χ2v) is 3.93. The summed E-state index contributed by atoms with van der Waals surface area (Å²) in [5.74, 6) is -2.09. The molecule has 2 aromatic heterocycles. The van der Waals surface area contributed by atoms with E-state index in [1.54, 1.807) is 0 Å². The van der Waals surface area contributed by atoms with Crippen LogP contribution in [0.25, 0.3) is 5.82 Å². The van der Waals surface area contributed by atoms with Crippen molar-refractivity contribution in [3.05, 3.63) is 35.0 Å². The highest BCUT2D eigenvalue weighted by Gasteiger charge is 2.36. The van der Waals surface area contributed by atoms with Crippen molar-refractivity contribution in [1.82, 2.24) is 19.7 Å². The number of halogens is 7. The largest absolute Gasteiger partial charge is 0.451 e. The van der Waals surface area contributed by atoms with Gasteiger partial charge in [0.15, 0.2) is 5.82 Å². The summed E-state index contributed by atoms with van der Waals surface area (Å²) in [5, 5.41) is 2.73. The van der Waals surface area contributed by atoms with Crippen LogP contribution in [0.15, 0.2) is 18.5 Å². The van der Waals surface area contributed by atoms with Crippen LogP contribution < -0.4 is 0 Å². The number of alkyl halides is 6. The zero-order valence-corrected chi connectivity index (χ0v) is 9.92. The summed E-state index contributed by atoms with van der Waals surface area (Å²) in [5.41, 5.74) is -1.12. The summed E-state index contributed by atoms with van der Waals surface area (Å²) >= 11 is 5.39. The first-order chi connectivity index (χ1) is 9.07. The van der Waals surface area contributed by atoms with Gasteiger partial charge in [-0.2, -0.15) is 31.4 Å². The molecule has 0 unspecified atom stereocenters. The lowest BCUT2D eigenvalue weighted by Gasteiger charge is -2.07. The predicted octanol–water partition coefficient (Wildman–Crippen LogP) is 3.35. The zero-order chi connectivity index (χ0) is 15.1. The molecule has 0 spiro atoms. The van der Waals surface area contributed by atoms with Crippen LogP contribution in [-0.4, -0.2) is 19.7 Å². The van der Waals surface area contributed by atoms with Gasteiger partial charge in [-0.15, -0.1) is 0 Å². The van der Waals surface area contributed by atoms with Gasteiger partial charge < -0.3 is 0 Å². The lowest BCUT2D eigenvalue weighted by atomic mass is 10.3. The lowest BCUT2D eigenvalue weighted by Crippen LogP contribution is -2.13. The summed E-state index contributed by atoms with van der Waals surface area (Å²) in [7, 11) is 0. The van der Waals surface area contributed by atoms with Gasteiger partial charge in [0.2, 0.25) is 5.82 Å². The molecule has 0 fully saturated rings. The molecule has 0 aromatic carbocycles. The maximum Gasteiger partial charge on any atom is 0.451 e. The van der Waals surface area contributed by atoms with E-state index in [0.29, 0.717) is 17.1 Å². The van der Waals surface area contributed by atoms with Crippen LogP contribution in [-0.2, 0) is 12.4 Å². The summed E-state index contributed by atoms with van der Waals surface area (Å²) in [4.78, 5) is 6.04. The van der Waals surface area contributed by atoms with Crippen LogP contribution in [0, 0.1) is 0 Å². The molecule has 2 aromatic rings. The van der Waals surface area contributed by atoms with Crippen molar-refractivity contribution < 1.29 is 26.3 Å². The molecule has 108 valence electrons. The molecule has 0 bridgehead atoms. The van der Waals surface area contributed by atoms with E-state index in [0.717, 1.165) is 6.07 Å². The smallest absolute Gasteiger partial charge is 0.222 e. The van der Waals surface area contributed by atoms with Crippen molar-refractivity contribution in [3.8, 4) is 5.82 Å². The van der Waals surface area contributed by atoms with Gasteiger partial charge in [0.1, 0.15) is 5.15 Å². The van der Waals surface area contributed by atoms with Crippen LogP contribution in [0.4, 0.5) is 26.3 Å². The fourth-order valence-electron chi connectivity index (χ4n) is 1.24. The van der Waals surface area contributed by atoms with Crippen LogP contribution >= 0.6 is 11.6 Å². The third kappa shape index (κ3) is 3.00. The molecule has 20 heavy (non-hydrogen) atoms. The molecule has 0 aliphatic rings. The van der Waals surface area contributed by atoms with Crippen molar-refractivity contribution >= 4 is 11.6 Å². The molecule has 2 rings (SSSR count). The average molecular weight is 317 g/mol. The molecule has 2 heterocycles. The third-order valence-corrected chi connectivity index (χ3v) is 2.27. The van der Waals surface area contributed by atoms with Crippen molar-refractivity contribution in [3.63, 3.8) is 0 Å². The Balaban J connectivity index is 2.48. The quantitative estimate of drug-likeness (QED) is 0.598. The first-order valence-electron chi connectivity index (χ1n) is 4.81. The Morgan fingerprint density at radius 2 is 1.65 bits per heavy atom. The molecule has 0 atom stereocenters. The van der Waals surface area contributed by atoms with Gasteiger partial charge in [-0.1, -0.05) is 11.6 Å². The minimum atomic E-state index is -4.88. The van der Waals surface area contributed by atoms with Gasteiger partial charge in [-0.3, -0.25) is 0 Å². The average Bonchev–Trinajstić information content (AvgIpc) is 2.75. The van der Waals surface area contributed by atoms with Crippen LogP contribution in [0.3, 0.4) is 0 Å². The van der Waals surface area contributed by atoms with E-state index in [-0.39, 0.29) is 0 Å². The zero-order valence-electron chi connectivity index (χ0n) is 9.17. The number of hydrogen-bond acceptors (Lipinski definition) is 3. The van der Waals surface area contributed by atoms with Gasteiger partial charge in [0.25, 0.3) is 0 Å². The maximum absolute atomic E-state index is 12.5. The number of nitrogens with zero attached hydrogens (tertiary/aromatic N) is 4. The van der Waals surface area contributed by atoms with Gasteiger partial charge in [0.05, 0.1) is 11.8 Å². The first-order valence-corrected chi connectivity index (χ1v) is 5.19. The topological polar surface area (TPSA) is 43.6 Å². The Labute approximate surface area is 112 Å². The molecule has 0 aliphatic heterocycles. The standard InChI is InChI=1S/C9H3ClF6N4/c10-5-1-6(19-7(18-5)9(14,15)16)20-3-4(2-17-20)8(11,12)13/h1-3H. The number of rotatable bonds is 1. The minimum absolute atomic E-state index is 0.462. The lowest BCUT2D eigenvalue weighted by molar-refractivity contribution is -0.145. The van der Waals surface area contributed by atoms with Gasteiger partial charge >= 0.3 is 12.4 Å². The van der Waals surface area contributed by atoms with E-state index in [2.05, 4.69) is 15.1 Å². The Kier molecular flexibility index (Phi) is 3.36. The Morgan fingerprint density at radius 1 is 1.00 bits per heavy atom. The predicted molar refractivity (Wildman–Crippen MR) is 54.2 cm³/mol. The molecule has 0 saturated carbocycles. The summed E-state index contributed by atoms with van der Waals surface area (Å²) in [6.07, 6.45) is -8.58. The van der Waals surface area contributed by atoms with Crippen LogP contribution in [0.5, 0.6) is 0 Å². The normalized spacial score (nSPS) is 12.8. The second kappa shape index (κ2) is 4.62. The molecule has 11 heteroatoms. The molecular weight excluding hydrogens is 314 g/mol.